The number of para-hydroxylation sites is 1. The highest BCUT2D eigenvalue weighted by Crippen LogP contribution is 2.42. The van der Waals surface area contributed by atoms with E-state index in [2.05, 4.69) is 18.2 Å². The molecular weight excluding hydrogens is 210 g/mol. The standard InChI is InChI=1S/C15H23NO/c1-17-15-9-5-4-8-14(15)13-7-3-2-6-12(13)10-11-16/h4-5,8-9,12-13H,2-3,6-7,10-11,16H2,1H3/t12-,13-/m1/s1. The lowest BCUT2D eigenvalue weighted by Gasteiger charge is -2.32. The molecule has 0 radical (unpaired) electrons. The van der Waals surface area contributed by atoms with Crippen molar-refractivity contribution in [2.45, 2.75) is 38.0 Å². The van der Waals surface area contributed by atoms with E-state index in [0.717, 1.165) is 24.6 Å². The lowest BCUT2D eigenvalue weighted by atomic mass is 9.74. The summed E-state index contributed by atoms with van der Waals surface area (Å²) in [5.41, 5.74) is 7.12. The van der Waals surface area contributed by atoms with Gasteiger partial charge < -0.3 is 10.5 Å². The Morgan fingerprint density at radius 1 is 1.24 bits per heavy atom. The summed E-state index contributed by atoms with van der Waals surface area (Å²) < 4.78 is 5.49. The number of nitrogens with two attached hydrogens (primary N) is 1. The topological polar surface area (TPSA) is 35.2 Å². The predicted molar refractivity (Wildman–Crippen MR) is 71.4 cm³/mol. The zero-order valence-electron chi connectivity index (χ0n) is 10.7. The molecule has 1 fully saturated rings. The number of benzene rings is 1. The van der Waals surface area contributed by atoms with Crippen LogP contribution >= 0.6 is 0 Å². The van der Waals surface area contributed by atoms with Gasteiger partial charge >= 0.3 is 0 Å². The molecule has 0 heterocycles. The van der Waals surface area contributed by atoms with Crippen LogP contribution in [0.4, 0.5) is 0 Å². The second-order valence-electron chi connectivity index (χ2n) is 4.97. The van der Waals surface area contributed by atoms with Gasteiger partial charge in [0.1, 0.15) is 5.75 Å². The quantitative estimate of drug-likeness (QED) is 0.866. The molecule has 0 bridgehead atoms. The van der Waals surface area contributed by atoms with E-state index in [4.69, 9.17) is 10.5 Å². The lowest BCUT2D eigenvalue weighted by Crippen LogP contribution is -2.21. The summed E-state index contributed by atoms with van der Waals surface area (Å²) in [5, 5.41) is 0. The first-order valence-electron chi connectivity index (χ1n) is 6.69. The minimum atomic E-state index is 0.642. The average molecular weight is 233 g/mol. The SMILES string of the molecule is COc1ccccc1[C@@H]1CCCC[C@@H]1CCN. The molecule has 2 heteroatoms. The maximum Gasteiger partial charge on any atom is 0.122 e. The summed E-state index contributed by atoms with van der Waals surface area (Å²) in [7, 11) is 1.76. The summed E-state index contributed by atoms with van der Waals surface area (Å²) in [6, 6.07) is 8.46. The highest BCUT2D eigenvalue weighted by molar-refractivity contribution is 5.36. The lowest BCUT2D eigenvalue weighted by molar-refractivity contribution is 0.286. The van der Waals surface area contributed by atoms with Crippen molar-refractivity contribution in [1.82, 2.24) is 0 Å². The van der Waals surface area contributed by atoms with Gasteiger partial charge in [-0.2, -0.15) is 0 Å². The van der Waals surface area contributed by atoms with E-state index in [-0.39, 0.29) is 0 Å². The molecule has 1 aliphatic rings. The third-order valence-electron chi connectivity index (χ3n) is 3.98. The van der Waals surface area contributed by atoms with E-state index in [1.54, 1.807) is 7.11 Å². The Kier molecular flexibility index (Phi) is 4.43. The van der Waals surface area contributed by atoms with Crippen molar-refractivity contribution in [3.8, 4) is 5.75 Å². The monoisotopic (exact) mass is 233 g/mol. The molecule has 2 atom stereocenters. The molecular formula is C15H23NO. The van der Waals surface area contributed by atoms with Gasteiger partial charge in [-0.15, -0.1) is 0 Å². The van der Waals surface area contributed by atoms with Crippen LogP contribution in [0.1, 0.15) is 43.6 Å². The van der Waals surface area contributed by atoms with Gasteiger partial charge in [-0.05, 0) is 49.3 Å². The molecule has 1 aromatic rings. The molecule has 0 amide bonds. The van der Waals surface area contributed by atoms with Crippen LogP contribution in [0.3, 0.4) is 0 Å². The number of hydrogen-bond donors (Lipinski definition) is 1. The van der Waals surface area contributed by atoms with Crippen LogP contribution in [0.15, 0.2) is 24.3 Å². The Bertz CT molecular complexity index is 349. The van der Waals surface area contributed by atoms with Crippen LogP contribution in [0.2, 0.25) is 0 Å². The van der Waals surface area contributed by atoms with Crippen molar-refractivity contribution < 1.29 is 4.74 Å². The van der Waals surface area contributed by atoms with Gasteiger partial charge in [0.05, 0.1) is 7.11 Å². The summed E-state index contributed by atoms with van der Waals surface area (Å²) >= 11 is 0. The molecule has 2 nitrogen and oxygen atoms in total. The number of methoxy groups -OCH3 is 1. The number of rotatable bonds is 4. The van der Waals surface area contributed by atoms with E-state index in [1.807, 2.05) is 6.07 Å². The van der Waals surface area contributed by atoms with E-state index in [9.17, 15) is 0 Å². The Morgan fingerprint density at radius 2 is 2.00 bits per heavy atom. The maximum atomic E-state index is 5.74. The van der Waals surface area contributed by atoms with Gasteiger partial charge in [-0.1, -0.05) is 31.0 Å². The predicted octanol–water partition coefficient (Wildman–Crippen LogP) is 3.32. The van der Waals surface area contributed by atoms with Crippen LogP contribution in [0, 0.1) is 5.92 Å². The van der Waals surface area contributed by atoms with Gasteiger partial charge in [0, 0.05) is 0 Å². The molecule has 94 valence electrons. The molecule has 0 aliphatic heterocycles. The molecule has 0 unspecified atom stereocenters. The van der Waals surface area contributed by atoms with Crippen LogP contribution in [-0.2, 0) is 0 Å². The van der Waals surface area contributed by atoms with Gasteiger partial charge in [0.2, 0.25) is 0 Å². The minimum Gasteiger partial charge on any atom is -0.496 e. The molecule has 17 heavy (non-hydrogen) atoms. The largest absolute Gasteiger partial charge is 0.496 e. The van der Waals surface area contributed by atoms with Gasteiger partial charge in [0.25, 0.3) is 0 Å². The van der Waals surface area contributed by atoms with Gasteiger partial charge in [-0.3, -0.25) is 0 Å². The summed E-state index contributed by atoms with van der Waals surface area (Å²) in [4.78, 5) is 0. The normalized spacial score (nSPS) is 24.6. The molecule has 0 aromatic heterocycles. The average Bonchev–Trinajstić information content (AvgIpc) is 2.40. The summed E-state index contributed by atoms with van der Waals surface area (Å²) in [5.74, 6) is 2.43. The highest BCUT2D eigenvalue weighted by Gasteiger charge is 2.27. The first kappa shape index (κ1) is 12.4. The zero-order valence-corrected chi connectivity index (χ0v) is 10.7. The fraction of sp³-hybridized carbons (Fsp3) is 0.600. The molecule has 1 saturated carbocycles. The molecule has 0 spiro atoms. The smallest absolute Gasteiger partial charge is 0.122 e. The van der Waals surface area contributed by atoms with E-state index >= 15 is 0 Å². The Hall–Kier alpha value is -1.02. The molecule has 2 rings (SSSR count). The minimum absolute atomic E-state index is 0.642. The van der Waals surface area contributed by atoms with Gasteiger partial charge in [-0.25, -0.2) is 0 Å². The molecule has 1 aliphatic carbocycles. The van der Waals surface area contributed by atoms with Crippen molar-refractivity contribution in [2.24, 2.45) is 11.7 Å². The fourth-order valence-electron chi connectivity index (χ4n) is 3.15. The fourth-order valence-corrected chi connectivity index (χ4v) is 3.15. The van der Waals surface area contributed by atoms with Crippen molar-refractivity contribution in [3.63, 3.8) is 0 Å². The number of ether oxygens (including phenoxy) is 1. The van der Waals surface area contributed by atoms with E-state index < -0.39 is 0 Å². The van der Waals surface area contributed by atoms with Crippen LogP contribution in [0.25, 0.3) is 0 Å². The first-order valence-corrected chi connectivity index (χ1v) is 6.69. The zero-order chi connectivity index (χ0) is 12.1. The van der Waals surface area contributed by atoms with Crippen molar-refractivity contribution in [3.05, 3.63) is 29.8 Å². The highest BCUT2D eigenvalue weighted by atomic mass is 16.5. The Labute approximate surface area is 104 Å². The second-order valence-corrected chi connectivity index (χ2v) is 4.97. The second kappa shape index (κ2) is 6.06. The van der Waals surface area contributed by atoms with Crippen molar-refractivity contribution in [1.29, 1.82) is 0 Å². The molecule has 2 N–H and O–H groups in total. The van der Waals surface area contributed by atoms with Gasteiger partial charge in [0.15, 0.2) is 0 Å². The van der Waals surface area contributed by atoms with E-state index in [0.29, 0.717) is 5.92 Å². The molecule has 0 saturated heterocycles. The third-order valence-corrected chi connectivity index (χ3v) is 3.98. The van der Waals surface area contributed by atoms with Crippen molar-refractivity contribution >= 4 is 0 Å². The third kappa shape index (κ3) is 2.81. The molecule has 1 aromatic carbocycles. The van der Waals surface area contributed by atoms with E-state index in [1.165, 1.54) is 31.2 Å². The first-order chi connectivity index (χ1) is 8.36. The maximum absolute atomic E-state index is 5.74. The van der Waals surface area contributed by atoms with Crippen LogP contribution in [0.5, 0.6) is 5.75 Å². The summed E-state index contributed by atoms with van der Waals surface area (Å²) in [6.45, 7) is 0.802. The van der Waals surface area contributed by atoms with Crippen LogP contribution in [-0.4, -0.2) is 13.7 Å². The number of hydrogen-bond acceptors (Lipinski definition) is 2. The van der Waals surface area contributed by atoms with Crippen LogP contribution < -0.4 is 10.5 Å². The van der Waals surface area contributed by atoms with Crippen molar-refractivity contribution in [2.75, 3.05) is 13.7 Å². The Balaban J connectivity index is 2.22. The Morgan fingerprint density at radius 3 is 2.76 bits per heavy atom. The summed E-state index contributed by atoms with van der Waals surface area (Å²) in [6.07, 6.45) is 6.44.